The van der Waals surface area contributed by atoms with Crippen LogP contribution < -0.4 is 5.32 Å². The Balaban J connectivity index is 2.25. The van der Waals surface area contributed by atoms with E-state index in [2.05, 4.69) is 17.3 Å². The van der Waals surface area contributed by atoms with Crippen LogP contribution in [-0.4, -0.2) is 50.7 Å². The highest BCUT2D eigenvalue weighted by Gasteiger charge is 2.22. The van der Waals surface area contributed by atoms with Crippen molar-refractivity contribution in [3.05, 3.63) is 0 Å². The van der Waals surface area contributed by atoms with Crippen LogP contribution in [0.5, 0.6) is 0 Å². The Kier molecular flexibility index (Phi) is 5.05. The van der Waals surface area contributed by atoms with Crippen molar-refractivity contribution in [2.75, 3.05) is 33.8 Å². The van der Waals surface area contributed by atoms with Gasteiger partial charge in [0.05, 0.1) is 13.0 Å². The minimum absolute atomic E-state index is 0.000839. The van der Waals surface area contributed by atoms with Crippen molar-refractivity contribution < 1.29 is 9.53 Å². The SMILES string of the molecule is CCC(CNC1CCN(C)C1)C(=O)OC. The summed E-state index contributed by atoms with van der Waals surface area (Å²) in [5, 5.41) is 3.44. The number of nitrogens with zero attached hydrogens (tertiary/aromatic N) is 1. The molecule has 1 heterocycles. The molecule has 1 saturated heterocycles. The largest absolute Gasteiger partial charge is 0.469 e. The van der Waals surface area contributed by atoms with Crippen LogP contribution in [0.25, 0.3) is 0 Å². The first kappa shape index (κ1) is 12.5. The number of hydrogen-bond donors (Lipinski definition) is 1. The Hall–Kier alpha value is -0.610. The van der Waals surface area contributed by atoms with Crippen molar-refractivity contribution in [1.29, 1.82) is 0 Å². The van der Waals surface area contributed by atoms with Gasteiger partial charge in [-0.05, 0) is 26.4 Å². The molecule has 2 unspecified atom stereocenters. The second-order valence-electron chi connectivity index (χ2n) is 4.28. The summed E-state index contributed by atoms with van der Waals surface area (Å²) in [7, 11) is 3.58. The summed E-state index contributed by atoms with van der Waals surface area (Å²) in [5.74, 6) is -0.0998. The van der Waals surface area contributed by atoms with E-state index in [1.165, 1.54) is 13.5 Å². The summed E-state index contributed by atoms with van der Waals surface area (Å²) in [6.07, 6.45) is 2.01. The number of hydrogen-bond acceptors (Lipinski definition) is 4. The van der Waals surface area contributed by atoms with Crippen molar-refractivity contribution in [2.24, 2.45) is 5.92 Å². The van der Waals surface area contributed by atoms with Gasteiger partial charge in [-0.2, -0.15) is 0 Å². The Morgan fingerprint density at radius 1 is 1.67 bits per heavy atom. The Bertz CT molecular complexity index is 209. The number of likely N-dealkylation sites (tertiary alicyclic amines) is 1. The smallest absolute Gasteiger partial charge is 0.309 e. The van der Waals surface area contributed by atoms with Gasteiger partial charge >= 0.3 is 5.97 Å². The molecule has 0 amide bonds. The van der Waals surface area contributed by atoms with E-state index in [0.717, 1.165) is 26.1 Å². The number of likely N-dealkylation sites (N-methyl/N-ethyl adjacent to an activating group) is 1. The maximum absolute atomic E-state index is 11.3. The molecule has 2 atom stereocenters. The summed E-state index contributed by atoms with van der Waals surface area (Å²) in [4.78, 5) is 13.6. The second-order valence-corrected chi connectivity index (χ2v) is 4.28. The first-order chi connectivity index (χ1) is 7.17. The molecule has 0 bridgehead atoms. The molecule has 0 aromatic carbocycles. The lowest BCUT2D eigenvalue weighted by atomic mass is 10.1. The summed E-state index contributed by atoms with van der Waals surface area (Å²) in [5.41, 5.74) is 0. The molecule has 1 aliphatic heterocycles. The predicted octanol–water partition coefficient (Wildman–Crippen LogP) is 0.479. The number of carbonyl (C=O) groups excluding carboxylic acids is 1. The van der Waals surface area contributed by atoms with Crippen LogP contribution in [0.3, 0.4) is 0 Å². The van der Waals surface area contributed by atoms with Gasteiger partial charge in [0.15, 0.2) is 0 Å². The van der Waals surface area contributed by atoms with E-state index < -0.39 is 0 Å². The standard InChI is InChI=1S/C11H22N2O2/c1-4-9(11(14)15-3)7-12-10-5-6-13(2)8-10/h9-10,12H,4-8H2,1-3H3. The third-order valence-electron chi connectivity index (χ3n) is 3.07. The molecule has 0 saturated carbocycles. The Labute approximate surface area is 92.0 Å². The van der Waals surface area contributed by atoms with Gasteiger partial charge < -0.3 is 15.0 Å². The normalized spacial score (nSPS) is 24.1. The van der Waals surface area contributed by atoms with E-state index in [-0.39, 0.29) is 11.9 Å². The van der Waals surface area contributed by atoms with Crippen LogP contribution in [-0.2, 0) is 9.53 Å². The monoisotopic (exact) mass is 214 g/mol. The van der Waals surface area contributed by atoms with Crippen LogP contribution in [0.4, 0.5) is 0 Å². The molecule has 0 spiro atoms. The number of esters is 1. The van der Waals surface area contributed by atoms with Crippen molar-refractivity contribution >= 4 is 5.97 Å². The molecule has 15 heavy (non-hydrogen) atoms. The molecule has 0 aromatic heterocycles. The number of ether oxygens (including phenoxy) is 1. The maximum atomic E-state index is 11.3. The van der Waals surface area contributed by atoms with Crippen LogP contribution in [0.2, 0.25) is 0 Å². The molecule has 4 nitrogen and oxygen atoms in total. The maximum Gasteiger partial charge on any atom is 0.309 e. The lowest BCUT2D eigenvalue weighted by Crippen LogP contribution is -2.37. The van der Waals surface area contributed by atoms with E-state index in [9.17, 15) is 4.79 Å². The van der Waals surface area contributed by atoms with Crippen LogP contribution in [0.15, 0.2) is 0 Å². The van der Waals surface area contributed by atoms with Gasteiger partial charge in [0.25, 0.3) is 0 Å². The molecule has 0 aromatic rings. The van der Waals surface area contributed by atoms with Crippen LogP contribution in [0.1, 0.15) is 19.8 Å². The van der Waals surface area contributed by atoms with Crippen molar-refractivity contribution in [1.82, 2.24) is 10.2 Å². The highest BCUT2D eigenvalue weighted by atomic mass is 16.5. The van der Waals surface area contributed by atoms with E-state index in [4.69, 9.17) is 4.74 Å². The fourth-order valence-electron chi connectivity index (χ4n) is 1.97. The topological polar surface area (TPSA) is 41.6 Å². The van der Waals surface area contributed by atoms with Gasteiger partial charge in [0.2, 0.25) is 0 Å². The molecular formula is C11H22N2O2. The summed E-state index contributed by atoms with van der Waals surface area (Å²) < 4.78 is 4.75. The lowest BCUT2D eigenvalue weighted by Gasteiger charge is -2.17. The van der Waals surface area contributed by atoms with Crippen molar-refractivity contribution in [3.8, 4) is 0 Å². The van der Waals surface area contributed by atoms with E-state index >= 15 is 0 Å². The Morgan fingerprint density at radius 3 is 2.87 bits per heavy atom. The van der Waals surface area contributed by atoms with Gasteiger partial charge in [-0.25, -0.2) is 0 Å². The average Bonchev–Trinajstić information content (AvgIpc) is 2.64. The second kappa shape index (κ2) is 6.08. The third kappa shape index (κ3) is 3.80. The highest BCUT2D eigenvalue weighted by molar-refractivity contribution is 5.72. The fourth-order valence-corrected chi connectivity index (χ4v) is 1.97. The van der Waals surface area contributed by atoms with E-state index in [0.29, 0.717) is 6.04 Å². The molecule has 0 aliphatic carbocycles. The summed E-state index contributed by atoms with van der Waals surface area (Å²) in [6, 6.07) is 0.536. The zero-order valence-corrected chi connectivity index (χ0v) is 9.95. The first-order valence-electron chi connectivity index (χ1n) is 5.67. The number of carbonyl (C=O) groups is 1. The molecule has 0 radical (unpaired) electrons. The molecule has 1 rings (SSSR count). The quantitative estimate of drug-likeness (QED) is 0.676. The minimum Gasteiger partial charge on any atom is -0.469 e. The molecule has 1 N–H and O–H groups in total. The summed E-state index contributed by atoms with van der Waals surface area (Å²) in [6.45, 7) is 4.98. The molecule has 4 heteroatoms. The molecule has 1 fully saturated rings. The lowest BCUT2D eigenvalue weighted by molar-refractivity contribution is -0.145. The average molecular weight is 214 g/mol. The van der Waals surface area contributed by atoms with Crippen LogP contribution in [0, 0.1) is 5.92 Å². The van der Waals surface area contributed by atoms with Crippen molar-refractivity contribution in [2.45, 2.75) is 25.8 Å². The van der Waals surface area contributed by atoms with Gasteiger partial charge in [-0.3, -0.25) is 4.79 Å². The minimum atomic E-state index is -0.101. The van der Waals surface area contributed by atoms with Gasteiger partial charge in [0.1, 0.15) is 0 Å². The van der Waals surface area contributed by atoms with Gasteiger partial charge in [-0.1, -0.05) is 6.92 Å². The highest BCUT2D eigenvalue weighted by Crippen LogP contribution is 2.08. The molecular weight excluding hydrogens is 192 g/mol. The third-order valence-corrected chi connectivity index (χ3v) is 3.07. The van der Waals surface area contributed by atoms with E-state index in [1.807, 2.05) is 6.92 Å². The summed E-state index contributed by atoms with van der Waals surface area (Å²) >= 11 is 0. The Morgan fingerprint density at radius 2 is 2.40 bits per heavy atom. The number of rotatable bonds is 5. The van der Waals surface area contributed by atoms with Crippen LogP contribution >= 0.6 is 0 Å². The number of nitrogens with one attached hydrogen (secondary N) is 1. The first-order valence-corrected chi connectivity index (χ1v) is 5.67. The predicted molar refractivity (Wildman–Crippen MR) is 59.7 cm³/mol. The molecule has 1 aliphatic rings. The van der Waals surface area contributed by atoms with E-state index in [1.54, 1.807) is 0 Å². The molecule has 88 valence electrons. The number of methoxy groups -OCH3 is 1. The zero-order valence-electron chi connectivity index (χ0n) is 9.95. The van der Waals surface area contributed by atoms with Gasteiger partial charge in [0, 0.05) is 19.1 Å². The van der Waals surface area contributed by atoms with Crippen molar-refractivity contribution in [3.63, 3.8) is 0 Å². The van der Waals surface area contributed by atoms with Gasteiger partial charge in [-0.15, -0.1) is 0 Å². The fraction of sp³-hybridized carbons (Fsp3) is 0.909. The zero-order chi connectivity index (χ0) is 11.3.